The van der Waals surface area contributed by atoms with Crippen molar-refractivity contribution in [2.45, 2.75) is 31.1 Å². The summed E-state index contributed by atoms with van der Waals surface area (Å²) in [6.45, 7) is 0. The van der Waals surface area contributed by atoms with E-state index in [4.69, 9.17) is 0 Å². The van der Waals surface area contributed by atoms with Crippen LogP contribution in [0, 0.1) is 0 Å². The highest BCUT2D eigenvalue weighted by Crippen LogP contribution is 2.51. The zero-order valence-electron chi connectivity index (χ0n) is 15.7. The molecule has 0 heterocycles. The predicted molar refractivity (Wildman–Crippen MR) is 111 cm³/mol. The fourth-order valence-electron chi connectivity index (χ4n) is 4.53. The van der Waals surface area contributed by atoms with Gasteiger partial charge >= 0.3 is 0 Å². The summed E-state index contributed by atoms with van der Waals surface area (Å²) in [5.41, 5.74) is 5.45. The Labute approximate surface area is 161 Å². The minimum Gasteiger partial charge on any atom is -0.358 e. The molecule has 0 unspecified atom stereocenters. The Morgan fingerprint density at radius 1 is 0.778 bits per heavy atom. The van der Waals surface area contributed by atoms with Crippen molar-refractivity contribution in [1.29, 1.82) is 0 Å². The van der Waals surface area contributed by atoms with Crippen LogP contribution in [-0.2, 0) is 16.6 Å². The Morgan fingerprint density at radius 2 is 1.33 bits per heavy atom. The Kier molecular flexibility index (Phi) is 4.81. The van der Waals surface area contributed by atoms with Crippen LogP contribution >= 0.6 is 0 Å². The van der Waals surface area contributed by atoms with Crippen LogP contribution in [0.15, 0.2) is 78.9 Å². The van der Waals surface area contributed by atoms with Gasteiger partial charge in [-0.15, -0.1) is 0 Å². The number of hydrogen-bond donors (Lipinski definition) is 1. The minimum absolute atomic E-state index is 0.0969. The highest BCUT2D eigenvalue weighted by atomic mass is 16.2. The molecule has 1 aliphatic carbocycles. The van der Waals surface area contributed by atoms with Crippen molar-refractivity contribution >= 4 is 5.91 Å². The lowest BCUT2D eigenvalue weighted by molar-refractivity contribution is -0.125. The van der Waals surface area contributed by atoms with Gasteiger partial charge in [0.25, 0.3) is 0 Å². The van der Waals surface area contributed by atoms with Crippen LogP contribution in [0.1, 0.15) is 36.0 Å². The molecule has 0 atom stereocenters. The number of unbranched alkanes of at least 4 members (excludes halogenated alkanes) is 1. The number of benzene rings is 3. The molecular weight excluding hydrogens is 330 g/mol. The lowest BCUT2D eigenvalue weighted by Crippen LogP contribution is -2.42. The molecule has 0 bridgehead atoms. The summed E-state index contributed by atoms with van der Waals surface area (Å²) < 4.78 is 0. The molecule has 0 saturated heterocycles. The normalized spacial score (nSPS) is 13.7. The van der Waals surface area contributed by atoms with Crippen LogP contribution < -0.4 is 5.32 Å². The first-order chi connectivity index (χ1) is 13.3. The molecule has 3 aromatic rings. The summed E-state index contributed by atoms with van der Waals surface area (Å²) in [4.78, 5) is 13.2. The summed E-state index contributed by atoms with van der Waals surface area (Å²) >= 11 is 0. The van der Waals surface area contributed by atoms with Crippen LogP contribution in [0.5, 0.6) is 0 Å². The molecule has 0 spiro atoms. The van der Waals surface area contributed by atoms with Gasteiger partial charge in [-0.2, -0.15) is 0 Å². The number of carbonyl (C=O) groups excluding carboxylic acids is 1. The number of amides is 1. The molecule has 1 N–H and O–H groups in total. The van der Waals surface area contributed by atoms with Crippen molar-refractivity contribution in [3.05, 3.63) is 95.6 Å². The predicted octanol–water partition coefficient (Wildman–Crippen LogP) is 5.11. The third-order valence-electron chi connectivity index (χ3n) is 5.79. The number of hydrogen-bond acceptors (Lipinski definition) is 1. The number of carbonyl (C=O) groups is 1. The number of likely N-dealkylation sites (N-methyl/N-ethyl adjacent to an activating group) is 1. The number of rotatable bonds is 6. The van der Waals surface area contributed by atoms with Gasteiger partial charge < -0.3 is 5.32 Å². The van der Waals surface area contributed by atoms with Crippen LogP contribution in [0.4, 0.5) is 0 Å². The average molecular weight is 355 g/mol. The second-order valence-corrected chi connectivity index (χ2v) is 7.27. The molecule has 2 nitrogen and oxygen atoms in total. The first kappa shape index (κ1) is 17.5. The highest BCUT2D eigenvalue weighted by Gasteiger charge is 2.47. The monoisotopic (exact) mass is 355 g/mol. The van der Waals surface area contributed by atoms with E-state index >= 15 is 0 Å². The molecule has 136 valence electrons. The van der Waals surface area contributed by atoms with E-state index in [1.54, 1.807) is 7.05 Å². The van der Waals surface area contributed by atoms with Gasteiger partial charge in [-0.3, -0.25) is 4.79 Å². The van der Waals surface area contributed by atoms with Crippen molar-refractivity contribution < 1.29 is 4.79 Å². The lowest BCUT2D eigenvalue weighted by atomic mass is 9.73. The molecule has 2 heteroatoms. The Balaban J connectivity index is 1.66. The Bertz CT molecular complexity index is 900. The van der Waals surface area contributed by atoms with Gasteiger partial charge in [0.1, 0.15) is 5.41 Å². The fraction of sp³-hybridized carbons (Fsp3) is 0.240. The Morgan fingerprint density at radius 3 is 1.93 bits per heavy atom. The molecule has 0 fully saturated rings. The molecule has 1 aliphatic rings. The average Bonchev–Trinajstić information content (AvgIpc) is 3.03. The zero-order chi connectivity index (χ0) is 18.7. The topological polar surface area (TPSA) is 29.1 Å². The maximum absolute atomic E-state index is 13.2. The maximum Gasteiger partial charge on any atom is 0.234 e. The third-order valence-corrected chi connectivity index (χ3v) is 5.79. The van der Waals surface area contributed by atoms with E-state index < -0.39 is 5.41 Å². The van der Waals surface area contributed by atoms with E-state index in [0.717, 1.165) is 36.8 Å². The van der Waals surface area contributed by atoms with Crippen LogP contribution in [0.3, 0.4) is 0 Å². The molecule has 4 rings (SSSR count). The summed E-state index contributed by atoms with van der Waals surface area (Å²) in [6, 6.07) is 27.3. The van der Waals surface area contributed by atoms with Crippen molar-refractivity contribution in [3.8, 4) is 11.1 Å². The summed E-state index contributed by atoms with van der Waals surface area (Å²) in [5.74, 6) is 0.0969. The zero-order valence-corrected chi connectivity index (χ0v) is 15.7. The van der Waals surface area contributed by atoms with Crippen LogP contribution in [-0.4, -0.2) is 13.0 Å². The second-order valence-electron chi connectivity index (χ2n) is 7.27. The fourth-order valence-corrected chi connectivity index (χ4v) is 4.53. The first-order valence-corrected chi connectivity index (χ1v) is 9.73. The van der Waals surface area contributed by atoms with E-state index in [-0.39, 0.29) is 5.91 Å². The largest absolute Gasteiger partial charge is 0.358 e. The molecule has 1 amide bonds. The molecule has 0 aromatic heterocycles. The van der Waals surface area contributed by atoms with Crippen molar-refractivity contribution in [2.24, 2.45) is 0 Å². The highest BCUT2D eigenvalue weighted by molar-refractivity contribution is 6.00. The van der Waals surface area contributed by atoms with Gasteiger partial charge in [-0.1, -0.05) is 85.3 Å². The smallest absolute Gasteiger partial charge is 0.234 e. The van der Waals surface area contributed by atoms with E-state index in [1.165, 1.54) is 16.7 Å². The summed E-state index contributed by atoms with van der Waals surface area (Å²) in [5, 5.41) is 2.95. The molecule has 3 aromatic carbocycles. The standard InChI is InChI=1S/C25H25NO/c1-26-24(27)25(18-10-9-13-19-11-3-2-4-12-19)22-16-7-5-14-20(22)21-15-6-8-17-23(21)25/h2-8,11-12,14-17H,9-10,13,18H2,1H3,(H,26,27). The number of nitrogens with one attached hydrogen (secondary N) is 1. The quantitative estimate of drug-likeness (QED) is 0.612. The van der Waals surface area contributed by atoms with E-state index in [9.17, 15) is 4.79 Å². The third kappa shape index (κ3) is 2.95. The van der Waals surface area contributed by atoms with E-state index in [2.05, 4.69) is 72.0 Å². The molecule has 0 saturated carbocycles. The molecule has 0 radical (unpaired) electrons. The molecule has 27 heavy (non-hydrogen) atoms. The number of aryl methyl sites for hydroxylation is 1. The van der Waals surface area contributed by atoms with Gasteiger partial charge in [0, 0.05) is 7.05 Å². The second kappa shape index (κ2) is 7.40. The van der Waals surface area contributed by atoms with Crippen molar-refractivity contribution in [1.82, 2.24) is 5.32 Å². The molecular formula is C25H25NO. The Hall–Kier alpha value is -2.87. The first-order valence-electron chi connectivity index (χ1n) is 9.73. The van der Waals surface area contributed by atoms with Gasteiger partial charge in [0.05, 0.1) is 0 Å². The van der Waals surface area contributed by atoms with Crippen molar-refractivity contribution in [2.75, 3.05) is 7.05 Å². The van der Waals surface area contributed by atoms with E-state index in [1.807, 2.05) is 12.1 Å². The lowest BCUT2D eigenvalue weighted by Gasteiger charge is -2.30. The summed E-state index contributed by atoms with van der Waals surface area (Å²) in [7, 11) is 1.75. The van der Waals surface area contributed by atoms with Crippen molar-refractivity contribution in [3.63, 3.8) is 0 Å². The maximum atomic E-state index is 13.2. The van der Waals surface area contributed by atoms with Gasteiger partial charge in [0.15, 0.2) is 0 Å². The molecule has 0 aliphatic heterocycles. The van der Waals surface area contributed by atoms with Gasteiger partial charge in [-0.05, 0) is 47.1 Å². The van der Waals surface area contributed by atoms with Crippen LogP contribution in [0.25, 0.3) is 11.1 Å². The van der Waals surface area contributed by atoms with E-state index in [0.29, 0.717) is 0 Å². The summed E-state index contributed by atoms with van der Waals surface area (Å²) in [6.07, 6.45) is 3.96. The minimum atomic E-state index is -0.585. The van der Waals surface area contributed by atoms with Gasteiger partial charge in [0.2, 0.25) is 5.91 Å². The van der Waals surface area contributed by atoms with Crippen LogP contribution in [0.2, 0.25) is 0 Å². The SMILES string of the molecule is CNC(=O)C1(CCCCc2ccccc2)c2ccccc2-c2ccccc21. The number of fused-ring (bicyclic) bond motifs is 3. The van der Waals surface area contributed by atoms with Gasteiger partial charge in [-0.25, -0.2) is 0 Å².